The van der Waals surface area contributed by atoms with E-state index in [9.17, 15) is 0 Å². The quantitative estimate of drug-likeness (QED) is 0.313. The standard InChI is InChI=1S/Ca.2FH.Sr/h;2*1H;/q+2;;;+2/p-2. The maximum Gasteiger partial charge on any atom is 2.00 e. The van der Waals surface area contributed by atoms with Crippen LogP contribution in [0.15, 0.2) is 0 Å². The van der Waals surface area contributed by atoms with Crippen molar-refractivity contribution in [3.05, 3.63) is 0 Å². The zero-order valence-corrected chi connectivity index (χ0v) is 7.85. The molecule has 0 unspecified atom stereocenters. The third-order valence-electron chi connectivity index (χ3n) is 0. The fourth-order valence-electron chi connectivity index (χ4n) is 0. The first-order chi connectivity index (χ1) is 0. The van der Waals surface area contributed by atoms with E-state index in [2.05, 4.69) is 0 Å². The average Bonchev–Trinajstić information content (AvgIpc) is 0. The summed E-state index contributed by atoms with van der Waals surface area (Å²) in [6.45, 7) is 0. The van der Waals surface area contributed by atoms with Crippen LogP contribution < -0.4 is 9.41 Å². The maximum absolute atomic E-state index is 0. The fourth-order valence-corrected chi connectivity index (χ4v) is 0. The van der Waals surface area contributed by atoms with Crippen LogP contribution >= 0.6 is 0 Å². The Balaban J connectivity index is 0. The van der Waals surface area contributed by atoms with Gasteiger partial charge in [-0.3, -0.25) is 0 Å². The van der Waals surface area contributed by atoms with Crippen molar-refractivity contribution < 1.29 is 9.41 Å². The monoisotopic (exact) mass is 166 g/mol. The van der Waals surface area contributed by atoms with Gasteiger partial charge in [0.05, 0.1) is 0 Å². The molecule has 0 bridgehead atoms. The molecule has 0 aliphatic heterocycles. The van der Waals surface area contributed by atoms with E-state index in [0.717, 1.165) is 0 Å². The van der Waals surface area contributed by atoms with Gasteiger partial charge in [-0.25, -0.2) is 0 Å². The maximum atomic E-state index is 0. The summed E-state index contributed by atoms with van der Waals surface area (Å²) in [4.78, 5) is 0. The Bertz CT molecular complexity index is 6.00. The van der Waals surface area contributed by atoms with Crippen LogP contribution in [0.25, 0.3) is 0 Å². The molecule has 0 atom stereocenters. The van der Waals surface area contributed by atoms with Crippen LogP contribution in [0.2, 0.25) is 0 Å². The molecule has 0 aromatic heterocycles. The van der Waals surface area contributed by atoms with Gasteiger partial charge in [0.2, 0.25) is 0 Å². The van der Waals surface area contributed by atoms with E-state index in [1.54, 1.807) is 0 Å². The molecule has 16 valence electrons. The average molecular weight is 166 g/mol. The van der Waals surface area contributed by atoms with E-state index in [4.69, 9.17) is 0 Å². The smallest absolute Gasteiger partial charge is 1.00 e. The largest absolute Gasteiger partial charge is 2.00 e. The molecule has 0 nitrogen and oxygen atoms in total. The predicted octanol–water partition coefficient (Wildman–Crippen LogP) is -6.75. The summed E-state index contributed by atoms with van der Waals surface area (Å²) in [6.07, 6.45) is 0. The summed E-state index contributed by atoms with van der Waals surface area (Å²) >= 11 is 0. The van der Waals surface area contributed by atoms with Crippen molar-refractivity contribution in [2.24, 2.45) is 0 Å². The minimum absolute atomic E-state index is 0. The number of hydrogen-bond donors (Lipinski definition) is 0. The Hall–Kier alpha value is 2.60. The van der Waals surface area contributed by atoms with Crippen LogP contribution in [-0.2, 0) is 0 Å². The van der Waals surface area contributed by atoms with Crippen molar-refractivity contribution in [1.82, 2.24) is 0 Å². The third-order valence-corrected chi connectivity index (χ3v) is 0. The molecular weight excluding hydrogens is 166 g/mol. The predicted molar refractivity (Wildman–Crippen MR) is 11.5 cm³/mol. The molecule has 0 spiro atoms. The fraction of sp³-hybridized carbons (Fsp3) is 0. The van der Waals surface area contributed by atoms with E-state index in [1.165, 1.54) is 0 Å². The first-order valence-electron chi connectivity index (χ1n) is 0. The molecular formula is CaF2Sr+2. The third kappa shape index (κ3) is 8.82. The van der Waals surface area contributed by atoms with Crippen molar-refractivity contribution in [2.45, 2.75) is 0 Å². The van der Waals surface area contributed by atoms with Crippen molar-refractivity contribution in [3.63, 3.8) is 0 Å². The molecule has 0 saturated carbocycles. The molecule has 0 amide bonds. The van der Waals surface area contributed by atoms with Crippen molar-refractivity contribution in [1.29, 1.82) is 0 Å². The van der Waals surface area contributed by atoms with Gasteiger partial charge in [-0.15, -0.1) is 0 Å². The molecule has 0 heterocycles. The minimum Gasteiger partial charge on any atom is -1.00 e. The van der Waals surface area contributed by atoms with Crippen molar-refractivity contribution >= 4 is 83.2 Å². The molecule has 0 aromatic carbocycles. The molecule has 4 heavy (non-hydrogen) atoms. The molecule has 0 N–H and O–H groups in total. The Morgan fingerprint density at radius 1 is 0.750 bits per heavy atom. The number of hydrogen-bond acceptors (Lipinski definition) is 0. The summed E-state index contributed by atoms with van der Waals surface area (Å²) < 4.78 is 0. The molecule has 4 heteroatoms. The van der Waals surface area contributed by atoms with Crippen LogP contribution in [0.5, 0.6) is 0 Å². The van der Waals surface area contributed by atoms with E-state index >= 15 is 0 Å². The molecule has 0 saturated heterocycles. The van der Waals surface area contributed by atoms with Gasteiger partial charge < -0.3 is 9.41 Å². The summed E-state index contributed by atoms with van der Waals surface area (Å²) in [5, 5.41) is 0. The zero-order valence-electron chi connectivity index (χ0n) is 2.17. The van der Waals surface area contributed by atoms with Crippen LogP contribution in [0.3, 0.4) is 0 Å². The molecule has 0 fully saturated rings. The first kappa shape index (κ1) is 30.6. The van der Waals surface area contributed by atoms with Gasteiger partial charge in [0, 0.05) is 0 Å². The van der Waals surface area contributed by atoms with E-state index in [-0.39, 0.29) is 92.6 Å². The Morgan fingerprint density at radius 3 is 0.750 bits per heavy atom. The molecule has 0 aliphatic rings. The van der Waals surface area contributed by atoms with Crippen LogP contribution in [-0.4, -0.2) is 83.2 Å². The minimum atomic E-state index is 0. The van der Waals surface area contributed by atoms with Gasteiger partial charge in [-0.05, 0) is 0 Å². The second-order valence-corrected chi connectivity index (χ2v) is 0. The Kier molecular flexibility index (Phi) is 134. The summed E-state index contributed by atoms with van der Waals surface area (Å²) in [5.41, 5.74) is 0. The second kappa shape index (κ2) is 17.5. The van der Waals surface area contributed by atoms with Crippen LogP contribution in [0.1, 0.15) is 0 Å². The summed E-state index contributed by atoms with van der Waals surface area (Å²) in [6, 6.07) is 0. The van der Waals surface area contributed by atoms with Gasteiger partial charge in [0.25, 0.3) is 0 Å². The van der Waals surface area contributed by atoms with Crippen LogP contribution in [0, 0.1) is 0 Å². The number of rotatable bonds is 0. The number of halogens is 2. The van der Waals surface area contributed by atoms with E-state index < -0.39 is 0 Å². The van der Waals surface area contributed by atoms with E-state index in [1.807, 2.05) is 0 Å². The molecule has 0 aliphatic carbocycles. The zero-order chi connectivity index (χ0) is 0. The molecule has 0 aromatic rings. The summed E-state index contributed by atoms with van der Waals surface area (Å²) in [7, 11) is 0. The Morgan fingerprint density at radius 2 is 0.750 bits per heavy atom. The van der Waals surface area contributed by atoms with Crippen molar-refractivity contribution in [3.8, 4) is 0 Å². The van der Waals surface area contributed by atoms with Gasteiger partial charge in [-0.2, -0.15) is 0 Å². The molecule has 0 radical (unpaired) electrons. The van der Waals surface area contributed by atoms with Gasteiger partial charge in [0.15, 0.2) is 0 Å². The van der Waals surface area contributed by atoms with Gasteiger partial charge in [0.1, 0.15) is 0 Å². The second-order valence-electron chi connectivity index (χ2n) is 0. The van der Waals surface area contributed by atoms with Crippen LogP contribution in [0.4, 0.5) is 0 Å². The molecule has 0 rings (SSSR count). The summed E-state index contributed by atoms with van der Waals surface area (Å²) in [5.74, 6) is 0. The first-order valence-corrected chi connectivity index (χ1v) is 0. The SMILES string of the molecule is [Ca+2].[F-].[F-].[Sr+2]. The Labute approximate surface area is 90.3 Å². The topological polar surface area (TPSA) is 0 Å². The van der Waals surface area contributed by atoms with Crippen molar-refractivity contribution in [2.75, 3.05) is 0 Å². The normalized spacial score (nSPS) is 0. The van der Waals surface area contributed by atoms with E-state index in [0.29, 0.717) is 0 Å². The van der Waals surface area contributed by atoms with Gasteiger partial charge in [-0.1, -0.05) is 0 Å². The van der Waals surface area contributed by atoms with Gasteiger partial charge >= 0.3 is 83.2 Å².